The van der Waals surface area contributed by atoms with Crippen molar-refractivity contribution in [3.8, 4) is 11.5 Å². The topological polar surface area (TPSA) is 84.0 Å². The molecule has 1 fully saturated rings. The van der Waals surface area contributed by atoms with Gasteiger partial charge in [-0.2, -0.15) is 0 Å². The molecule has 1 saturated heterocycles. The highest BCUT2D eigenvalue weighted by molar-refractivity contribution is 7.14. The number of carbonyl (C=O) groups excluding carboxylic acids is 2. The Morgan fingerprint density at radius 3 is 2.62 bits per heavy atom. The summed E-state index contributed by atoms with van der Waals surface area (Å²) in [6.07, 6.45) is 0.978. The van der Waals surface area contributed by atoms with Crippen molar-refractivity contribution in [1.29, 1.82) is 0 Å². The third-order valence-electron chi connectivity index (χ3n) is 5.97. The molecule has 1 aromatic heterocycles. The van der Waals surface area contributed by atoms with Gasteiger partial charge in [-0.3, -0.25) is 19.8 Å². The van der Waals surface area contributed by atoms with Crippen molar-refractivity contribution in [2.75, 3.05) is 38.3 Å². The molecule has 176 valence electrons. The average Bonchev–Trinajstić information content (AvgIpc) is 3.52. The number of nitrogens with zero attached hydrogens (tertiary/aromatic N) is 3. The number of nitrogens with one attached hydrogen (secondary N) is 1. The molecule has 2 aliphatic heterocycles. The number of aryl methyl sites for hydroxylation is 1. The van der Waals surface area contributed by atoms with E-state index in [4.69, 9.17) is 9.47 Å². The van der Waals surface area contributed by atoms with Gasteiger partial charge in [-0.15, -0.1) is 11.3 Å². The first-order chi connectivity index (χ1) is 16.6. The van der Waals surface area contributed by atoms with Gasteiger partial charge >= 0.3 is 0 Å². The summed E-state index contributed by atoms with van der Waals surface area (Å²) in [6, 6.07) is 15.1. The largest absolute Gasteiger partial charge is 0.454 e. The number of benzene rings is 2. The lowest BCUT2D eigenvalue weighted by Crippen LogP contribution is -2.48. The molecule has 9 heteroatoms. The second kappa shape index (κ2) is 10.2. The first kappa shape index (κ1) is 22.4. The lowest BCUT2D eigenvalue weighted by Gasteiger charge is -2.34. The maximum absolute atomic E-state index is 12.7. The molecule has 0 radical (unpaired) electrons. The molecule has 2 aliphatic rings. The van der Waals surface area contributed by atoms with Gasteiger partial charge in [0.2, 0.25) is 12.7 Å². The third kappa shape index (κ3) is 5.37. The Morgan fingerprint density at radius 2 is 1.79 bits per heavy atom. The number of anilines is 1. The lowest BCUT2D eigenvalue weighted by atomic mass is 10.1. The van der Waals surface area contributed by atoms with Gasteiger partial charge in [-0.05, 0) is 36.2 Å². The predicted octanol–water partition coefficient (Wildman–Crippen LogP) is 3.40. The van der Waals surface area contributed by atoms with Gasteiger partial charge in [0, 0.05) is 50.1 Å². The summed E-state index contributed by atoms with van der Waals surface area (Å²) < 4.78 is 10.8. The van der Waals surface area contributed by atoms with E-state index in [2.05, 4.69) is 21.3 Å². The molecule has 0 aliphatic carbocycles. The summed E-state index contributed by atoms with van der Waals surface area (Å²) in [5.74, 6) is 1.56. The second-order valence-electron chi connectivity index (χ2n) is 8.31. The molecule has 0 saturated carbocycles. The van der Waals surface area contributed by atoms with E-state index in [0.29, 0.717) is 23.5 Å². The normalized spacial score (nSPS) is 15.4. The summed E-state index contributed by atoms with van der Waals surface area (Å²) in [7, 11) is 0. The van der Waals surface area contributed by atoms with Gasteiger partial charge in [0.15, 0.2) is 16.6 Å². The number of rotatable bonds is 7. The number of hydrogen-bond donors (Lipinski definition) is 1. The van der Waals surface area contributed by atoms with E-state index in [-0.39, 0.29) is 18.6 Å². The van der Waals surface area contributed by atoms with Crippen LogP contribution in [-0.2, 0) is 17.8 Å². The van der Waals surface area contributed by atoms with E-state index in [9.17, 15) is 9.59 Å². The van der Waals surface area contributed by atoms with Gasteiger partial charge in [-0.25, -0.2) is 4.98 Å². The van der Waals surface area contributed by atoms with Crippen LogP contribution in [0, 0.1) is 0 Å². The van der Waals surface area contributed by atoms with Crippen molar-refractivity contribution in [1.82, 2.24) is 14.8 Å². The maximum Gasteiger partial charge on any atom is 0.257 e. The van der Waals surface area contributed by atoms with Crippen LogP contribution in [0.1, 0.15) is 28.0 Å². The molecular formula is C25H26N4O4S. The predicted molar refractivity (Wildman–Crippen MR) is 129 cm³/mol. The van der Waals surface area contributed by atoms with E-state index < -0.39 is 0 Å². The highest BCUT2D eigenvalue weighted by Crippen LogP contribution is 2.32. The number of piperazine rings is 1. The summed E-state index contributed by atoms with van der Waals surface area (Å²) >= 11 is 1.38. The van der Waals surface area contributed by atoms with E-state index in [0.717, 1.165) is 49.9 Å². The molecule has 2 amide bonds. The highest BCUT2D eigenvalue weighted by Gasteiger charge is 2.22. The molecule has 34 heavy (non-hydrogen) atoms. The number of ether oxygens (including phenoxy) is 2. The van der Waals surface area contributed by atoms with E-state index in [1.165, 1.54) is 16.9 Å². The minimum absolute atomic E-state index is 0.144. The van der Waals surface area contributed by atoms with Gasteiger partial charge < -0.3 is 14.4 Å². The molecule has 0 unspecified atom stereocenters. The molecule has 3 aromatic rings. The standard InChI is InChI=1S/C25H26N4O4S/c30-23(9-7-20-16-34-25(26-20)27-24(31)19-4-2-1-3-5-19)29-12-10-28(11-13-29)15-18-6-8-21-22(14-18)33-17-32-21/h1-6,8,14,16H,7,9-13,15,17H2,(H,26,27,31). The first-order valence-electron chi connectivity index (χ1n) is 11.3. The van der Waals surface area contributed by atoms with Gasteiger partial charge in [0.1, 0.15) is 0 Å². The SMILES string of the molecule is O=C(Nc1nc(CCC(=O)N2CCN(Cc3ccc4c(c3)OCO4)CC2)cs1)c1ccccc1. The highest BCUT2D eigenvalue weighted by atomic mass is 32.1. The molecule has 0 atom stereocenters. The fourth-order valence-corrected chi connectivity index (χ4v) is 4.82. The number of thiazole rings is 1. The van der Waals surface area contributed by atoms with Crippen LogP contribution in [0.3, 0.4) is 0 Å². The average molecular weight is 479 g/mol. The summed E-state index contributed by atoms with van der Waals surface area (Å²) in [5.41, 5.74) is 2.60. The Morgan fingerprint density at radius 1 is 1.00 bits per heavy atom. The van der Waals surface area contributed by atoms with Crippen molar-refractivity contribution >= 4 is 28.3 Å². The molecule has 0 spiro atoms. The lowest BCUT2D eigenvalue weighted by molar-refractivity contribution is -0.133. The zero-order chi connectivity index (χ0) is 23.3. The summed E-state index contributed by atoms with van der Waals surface area (Å²) in [5, 5.41) is 5.27. The van der Waals surface area contributed by atoms with E-state index in [1.54, 1.807) is 12.1 Å². The Balaban J connectivity index is 1.05. The van der Waals surface area contributed by atoms with E-state index in [1.807, 2.05) is 40.6 Å². The van der Waals surface area contributed by atoms with Crippen molar-refractivity contribution in [3.05, 3.63) is 70.7 Å². The zero-order valence-corrected chi connectivity index (χ0v) is 19.6. The summed E-state index contributed by atoms with van der Waals surface area (Å²) in [4.78, 5) is 33.7. The van der Waals surface area contributed by atoms with Crippen LogP contribution in [0.2, 0.25) is 0 Å². The third-order valence-corrected chi connectivity index (χ3v) is 6.78. The van der Waals surface area contributed by atoms with Crippen LogP contribution in [-0.4, -0.2) is 59.6 Å². The molecular weight excluding hydrogens is 452 g/mol. The van der Waals surface area contributed by atoms with Crippen molar-refractivity contribution in [2.45, 2.75) is 19.4 Å². The van der Waals surface area contributed by atoms with Crippen LogP contribution in [0.4, 0.5) is 5.13 Å². The van der Waals surface area contributed by atoms with Crippen molar-refractivity contribution in [3.63, 3.8) is 0 Å². The van der Waals surface area contributed by atoms with Crippen LogP contribution in [0.25, 0.3) is 0 Å². The Kier molecular flexibility index (Phi) is 6.73. The van der Waals surface area contributed by atoms with Crippen LogP contribution < -0.4 is 14.8 Å². The van der Waals surface area contributed by atoms with Crippen LogP contribution >= 0.6 is 11.3 Å². The van der Waals surface area contributed by atoms with Crippen molar-refractivity contribution < 1.29 is 19.1 Å². The molecule has 2 aromatic carbocycles. The number of carbonyl (C=O) groups is 2. The first-order valence-corrected chi connectivity index (χ1v) is 12.2. The molecule has 5 rings (SSSR count). The van der Waals surface area contributed by atoms with Gasteiger partial charge in [0.05, 0.1) is 5.69 Å². The fraction of sp³-hybridized carbons (Fsp3) is 0.320. The second-order valence-corrected chi connectivity index (χ2v) is 9.17. The van der Waals surface area contributed by atoms with Crippen LogP contribution in [0.15, 0.2) is 53.9 Å². The van der Waals surface area contributed by atoms with E-state index >= 15 is 0 Å². The Hall–Kier alpha value is -3.43. The minimum atomic E-state index is -0.184. The Labute approximate surface area is 202 Å². The zero-order valence-electron chi connectivity index (χ0n) is 18.7. The molecule has 8 nitrogen and oxygen atoms in total. The van der Waals surface area contributed by atoms with Crippen LogP contribution in [0.5, 0.6) is 11.5 Å². The quantitative estimate of drug-likeness (QED) is 0.560. The van der Waals surface area contributed by atoms with Gasteiger partial charge in [0.25, 0.3) is 5.91 Å². The number of amides is 2. The number of aromatic nitrogens is 1. The van der Waals surface area contributed by atoms with Gasteiger partial charge in [-0.1, -0.05) is 24.3 Å². The minimum Gasteiger partial charge on any atom is -0.454 e. The number of hydrogen-bond acceptors (Lipinski definition) is 7. The smallest absolute Gasteiger partial charge is 0.257 e. The Bertz CT molecular complexity index is 1160. The monoisotopic (exact) mass is 478 g/mol. The molecule has 1 N–H and O–H groups in total. The fourth-order valence-electron chi connectivity index (χ4n) is 4.08. The summed E-state index contributed by atoms with van der Waals surface area (Å²) in [6.45, 7) is 4.23. The molecule has 0 bridgehead atoms. The maximum atomic E-state index is 12.7. The number of fused-ring (bicyclic) bond motifs is 1. The molecule has 3 heterocycles. The van der Waals surface area contributed by atoms with Crippen molar-refractivity contribution in [2.24, 2.45) is 0 Å².